The molecule has 1 aliphatic carbocycles. The summed E-state index contributed by atoms with van der Waals surface area (Å²) >= 11 is -1.15. The summed E-state index contributed by atoms with van der Waals surface area (Å²) < 4.78 is 17.1. The van der Waals surface area contributed by atoms with E-state index >= 15 is 0 Å². The van der Waals surface area contributed by atoms with E-state index in [1.807, 2.05) is 0 Å². The number of carbonyl (C=O) groups excluding carboxylic acids is 2. The van der Waals surface area contributed by atoms with Gasteiger partial charge in [0.05, 0.1) is 18.6 Å². The Morgan fingerprint density at radius 1 is 1.25 bits per heavy atom. The van der Waals surface area contributed by atoms with Gasteiger partial charge in [0, 0.05) is 24.3 Å². The third-order valence-corrected chi connectivity index (χ3v) is 6.07. The van der Waals surface area contributed by atoms with Crippen molar-refractivity contribution in [3.05, 3.63) is 35.0 Å². The average Bonchev–Trinajstić information content (AvgIpc) is 3.10. The third-order valence-electron chi connectivity index (χ3n) is 5.15. The number of benzene rings is 1. The van der Waals surface area contributed by atoms with Gasteiger partial charge in [-0.05, 0) is 37.2 Å². The molecule has 2 heterocycles. The molecule has 0 radical (unpaired) electrons. The van der Waals surface area contributed by atoms with Gasteiger partial charge in [-0.15, -0.1) is 0 Å². The molecule has 0 spiro atoms. The first-order valence-corrected chi connectivity index (χ1v) is 10.3. The highest BCUT2D eigenvalue weighted by atomic mass is 32.2. The predicted molar refractivity (Wildman–Crippen MR) is 107 cm³/mol. The van der Waals surface area contributed by atoms with E-state index < -0.39 is 22.6 Å². The number of ketones is 2. The number of hydrogen-bond acceptors (Lipinski definition) is 7. The quantitative estimate of drug-likeness (QED) is 0.727. The summed E-state index contributed by atoms with van der Waals surface area (Å²) in [5, 5.41) is 0. The monoisotopic (exact) mass is 397 g/mol. The Labute approximate surface area is 165 Å². The van der Waals surface area contributed by atoms with Crippen LogP contribution in [0.4, 0.5) is 0 Å². The van der Waals surface area contributed by atoms with Gasteiger partial charge in [-0.1, -0.05) is 0 Å². The lowest BCUT2D eigenvalue weighted by Gasteiger charge is -2.32. The number of aliphatic imine (C=N–C) groups is 3. The number of amidine groups is 1. The third kappa shape index (κ3) is 2.84. The SMILES string of the molecule is COc1cc([S+](C)[O-])ccc1C1=NC2=C3C=NC(C)(C)C(=O)C3CC(=O)C2=N1. The Bertz CT molecular complexity index is 1030. The summed E-state index contributed by atoms with van der Waals surface area (Å²) in [6.45, 7) is 3.49. The second-order valence-corrected chi connectivity index (χ2v) is 8.76. The average molecular weight is 397 g/mol. The number of nitrogens with zero attached hydrogens (tertiary/aromatic N) is 3. The van der Waals surface area contributed by atoms with Gasteiger partial charge in [0.1, 0.15) is 29.0 Å². The van der Waals surface area contributed by atoms with Gasteiger partial charge in [0.15, 0.2) is 22.3 Å². The van der Waals surface area contributed by atoms with Gasteiger partial charge in [0.25, 0.3) is 0 Å². The lowest BCUT2D eigenvalue weighted by molar-refractivity contribution is -0.128. The van der Waals surface area contributed by atoms with Crippen LogP contribution in [0.25, 0.3) is 0 Å². The number of fused-ring (bicyclic) bond motifs is 2. The molecule has 0 aromatic heterocycles. The van der Waals surface area contributed by atoms with Gasteiger partial charge in [0.2, 0.25) is 0 Å². The summed E-state index contributed by atoms with van der Waals surface area (Å²) in [4.78, 5) is 39.3. The van der Waals surface area contributed by atoms with Gasteiger partial charge < -0.3 is 9.29 Å². The molecule has 2 aliphatic heterocycles. The molecule has 144 valence electrons. The Kier molecular flexibility index (Phi) is 4.35. The number of carbonyl (C=O) groups is 2. The highest BCUT2D eigenvalue weighted by Crippen LogP contribution is 2.37. The van der Waals surface area contributed by atoms with Crippen LogP contribution in [-0.4, -0.2) is 52.8 Å². The largest absolute Gasteiger partial charge is 0.612 e. The zero-order valence-corrected chi connectivity index (χ0v) is 16.8. The van der Waals surface area contributed by atoms with Crippen LogP contribution < -0.4 is 4.74 Å². The number of hydrogen-bond donors (Lipinski definition) is 0. The molecule has 1 aromatic rings. The van der Waals surface area contributed by atoms with E-state index in [-0.39, 0.29) is 23.7 Å². The van der Waals surface area contributed by atoms with Crippen LogP contribution in [0.5, 0.6) is 5.75 Å². The normalized spacial score (nSPS) is 23.8. The Balaban J connectivity index is 1.84. The molecule has 2 atom stereocenters. The first-order chi connectivity index (χ1) is 13.2. The zero-order chi connectivity index (χ0) is 20.2. The van der Waals surface area contributed by atoms with Crippen LogP contribution in [0.3, 0.4) is 0 Å². The summed E-state index contributed by atoms with van der Waals surface area (Å²) in [6.07, 6.45) is 3.32. The van der Waals surface area contributed by atoms with Crippen molar-refractivity contribution in [2.45, 2.75) is 30.7 Å². The maximum absolute atomic E-state index is 12.7. The van der Waals surface area contributed by atoms with E-state index in [0.29, 0.717) is 33.3 Å². The van der Waals surface area contributed by atoms with E-state index in [2.05, 4.69) is 15.0 Å². The van der Waals surface area contributed by atoms with Crippen molar-refractivity contribution in [3.8, 4) is 5.75 Å². The molecule has 2 unspecified atom stereocenters. The zero-order valence-electron chi connectivity index (χ0n) is 16.0. The standard InChI is InChI=1S/C20H19N3O4S/c1-20(2)18(25)12-8-14(24)17-16(13(12)9-21-20)22-19(23-17)11-6-5-10(28(4)26)7-15(11)27-3/h5-7,9,12H,8H2,1-4H3. The summed E-state index contributed by atoms with van der Waals surface area (Å²) in [6, 6.07) is 5.12. The Morgan fingerprint density at radius 3 is 2.68 bits per heavy atom. The van der Waals surface area contributed by atoms with Crippen molar-refractivity contribution in [1.82, 2.24) is 0 Å². The minimum absolute atomic E-state index is 0.0825. The van der Waals surface area contributed by atoms with E-state index in [1.54, 1.807) is 44.5 Å². The molecule has 28 heavy (non-hydrogen) atoms. The van der Waals surface area contributed by atoms with E-state index in [9.17, 15) is 14.1 Å². The molecule has 0 saturated carbocycles. The lowest BCUT2D eigenvalue weighted by Crippen LogP contribution is -2.44. The molecule has 8 heteroatoms. The van der Waals surface area contributed by atoms with E-state index in [1.165, 1.54) is 7.11 Å². The number of allylic oxidation sites excluding steroid dienone is 2. The van der Waals surface area contributed by atoms with E-state index in [0.717, 1.165) is 0 Å². The van der Waals surface area contributed by atoms with Crippen molar-refractivity contribution in [2.24, 2.45) is 20.9 Å². The summed E-state index contributed by atoms with van der Waals surface area (Å²) in [5.41, 5.74) is 1.06. The molecule has 1 aromatic carbocycles. The fourth-order valence-corrected chi connectivity index (χ4v) is 4.09. The minimum Gasteiger partial charge on any atom is -0.612 e. The second-order valence-electron chi connectivity index (χ2n) is 7.38. The number of ether oxygens (including phenoxy) is 1. The van der Waals surface area contributed by atoms with Crippen LogP contribution >= 0.6 is 0 Å². The fraction of sp³-hybridized carbons (Fsp3) is 0.350. The molecule has 4 rings (SSSR count). The van der Waals surface area contributed by atoms with Gasteiger partial charge >= 0.3 is 0 Å². The number of methoxy groups -OCH3 is 1. The van der Waals surface area contributed by atoms with Crippen LogP contribution in [0, 0.1) is 5.92 Å². The van der Waals surface area contributed by atoms with E-state index in [4.69, 9.17) is 4.74 Å². The fourth-order valence-electron chi connectivity index (χ4n) is 3.56. The van der Waals surface area contributed by atoms with Crippen molar-refractivity contribution >= 4 is 40.5 Å². The molecular formula is C20H19N3O4S. The molecule has 7 nitrogen and oxygen atoms in total. The van der Waals surface area contributed by atoms with Crippen molar-refractivity contribution in [1.29, 1.82) is 0 Å². The molecule has 0 amide bonds. The first-order valence-electron chi connectivity index (χ1n) is 8.79. The van der Waals surface area contributed by atoms with Crippen molar-refractivity contribution < 1.29 is 18.9 Å². The molecule has 0 N–H and O–H groups in total. The van der Waals surface area contributed by atoms with Crippen LogP contribution in [0.1, 0.15) is 25.8 Å². The van der Waals surface area contributed by atoms with Crippen LogP contribution in [0.15, 0.2) is 49.3 Å². The summed E-state index contributed by atoms with van der Waals surface area (Å²) in [7, 11) is 1.51. The Hall–Kier alpha value is -2.58. The molecular weight excluding hydrogens is 378 g/mol. The first kappa shape index (κ1) is 18.8. The lowest BCUT2D eigenvalue weighted by atomic mass is 9.74. The second kappa shape index (κ2) is 6.49. The molecule has 3 aliphatic rings. The van der Waals surface area contributed by atoms with Crippen LogP contribution in [0.2, 0.25) is 0 Å². The highest BCUT2D eigenvalue weighted by molar-refractivity contribution is 7.90. The van der Waals surface area contributed by atoms with Crippen LogP contribution in [-0.2, 0) is 20.8 Å². The topological polar surface area (TPSA) is 104 Å². The van der Waals surface area contributed by atoms with Crippen molar-refractivity contribution in [2.75, 3.05) is 13.4 Å². The maximum Gasteiger partial charge on any atom is 0.184 e. The molecule has 0 bridgehead atoms. The number of rotatable bonds is 3. The van der Waals surface area contributed by atoms with Gasteiger partial charge in [-0.2, -0.15) is 0 Å². The number of Topliss-reactive ketones (excluding diaryl/α,β-unsaturated/α-hetero) is 2. The molecule has 0 saturated heterocycles. The van der Waals surface area contributed by atoms with Crippen molar-refractivity contribution in [3.63, 3.8) is 0 Å². The van der Waals surface area contributed by atoms with Gasteiger partial charge in [-0.25, -0.2) is 9.98 Å². The maximum atomic E-state index is 12.7. The van der Waals surface area contributed by atoms with Gasteiger partial charge in [-0.3, -0.25) is 14.6 Å². The predicted octanol–water partition coefficient (Wildman–Crippen LogP) is 1.91. The summed E-state index contributed by atoms with van der Waals surface area (Å²) in [5.74, 6) is -0.0158. The Morgan fingerprint density at radius 2 is 2.00 bits per heavy atom. The molecule has 0 fully saturated rings. The highest BCUT2D eigenvalue weighted by Gasteiger charge is 2.45. The smallest absolute Gasteiger partial charge is 0.184 e. The minimum atomic E-state index is -1.15.